The summed E-state index contributed by atoms with van der Waals surface area (Å²) in [6.07, 6.45) is 5.36. The molecule has 0 aliphatic carbocycles. The number of imidazole rings is 1. The second-order valence-electron chi connectivity index (χ2n) is 6.06. The summed E-state index contributed by atoms with van der Waals surface area (Å²) in [6.45, 7) is 0. The fourth-order valence-corrected chi connectivity index (χ4v) is 3.72. The number of hydrogen-bond donors (Lipinski definition) is 0. The highest BCUT2D eigenvalue weighted by Crippen LogP contribution is 2.28. The van der Waals surface area contributed by atoms with Gasteiger partial charge in [-0.05, 0) is 78.7 Å². The highest BCUT2D eigenvalue weighted by molar-refractivity contribution is 7.97. The maximum absolute atomic E-state index is 12.7. The van der Waals surface area contributed by atoms with E-state index in [1.807, 2.05) is 34.4 Å². The van der Waals surface area contributed by atoms with Crippen LogP contribution in [0.4, 0.5) is 0 Å². The molecule has 0 atom stereocenters. The van der Waals surface area contributed by atoms with Crippen LogP contribution < -0.4 is 4.74 Å². The molecule has 0 aliphatic heterocycles. The highest BCUT2D eigenvalue weighted by Gasteiger charge is 2.13. The van der Waals surface area contributed by atoms with Gasteiger partial charge in [-0.25, -0.2) is 4.98 Å². The molecule has 4 aromatic rings. The lowest BCUT2D eigenvalue weighted by Crippen LogP contribution is -2.02. The van der Waals surface area contributed by atoms with E-state index in [2.05, 4.69) is 4.98 Å². The Morgan fingerprint density at radius 1 is 0.931 bits per heavy atom. The Balaban J connectivity index is 1.44. The first-order chi connectivity index (χ1) is 14.1. The van der Waals surface area contributed by atoms with E-state index in [9.17, 15) is 4.79 Å². The lowest BCUT2D eigenvalue weighted by Gasteiger charge is -2.08. The molecular formula is C22H14Cl2N2O2S. The maximum Gasteiger partial charge on any atom is 0.194 e. The maximum atomic E-state index is 12.7. The molecule has 0 saturated carbocycles. The largest absolute Gasteiger partial charge is 0.457 e. The smallest absolute Gasteiger partial charge is 0.194 e. The molecule has 0 fully saturated rings. The van der Waals surface area contributed by atoms with Gasteiger partial charge in [0.2, 0.25) is 0 Å². The van der Waals surface area contributed by atoms with Crippen LogP contribution in [0.1, 0.15) is 15.9 Å². The summed E-state index contributed by atoms with van der Waals surface area (Å²) in [5.74, 6) is 1.15. The number of aromatic nitrogens is 2. The van der Waals surface area contributed by atoms with E-state index < -0.39 is 0 Å². The fraction of sp³-hybridized carbons (Fsp3) is 0. The predicted octanol–water partition coefficient (Wildman–Crippen LogP) is 6.77. The van der Waals surface area contributed by atoms with Crippen molar-refractivity contribution in [2.24, 2.45) is 0 Å². The van der Waals surface area contributed by atoms with Crippen LogP contribution in [0.2, 0.25) is 10.0 Å². The van der Waals surface area contributed by atoms with Crippen molar-refractivity contribution < 1.29 is 9.53 Å². The number of ether oxygens (including phenoxy) is 1. The van der Waals surface area contributed by atoms with Crippen molar-refractivity contribution >= 4 is 40.9 Å². The van der Waals surface area contributed by atoms with E-state index in [4.69, 9.17) is 27.9 Å². The first kappa shape index (κ1) is 19.6. The van der Waals surface area contributed by atoms with Gasteiger partial charge >= 0.3 is 0 Å². The Hall–Kier alpha value is -2.73. The number of carbonyl (C=O) groups excluding carboxylic acids is 1. The van der Waals surface area contributed by atoms with E-state index in [1.165, 1.54) is 0 Å². The third-order valence-electron chi connectivity index (χ3n) is 4.04. The number of hydrogen-bond acceptors (Lipinski definition) is 4. The van der Waals surface area contributed by atoms with Gasteiger partial charge in [0, 0.05) is 33.4 Å². The topological polar surface area (TPSA) is 44.1 Å². The summed E-state index contributed by atoms with van der Waals surface area (Å²) >= 11 is 13.7. The molecular weight excluding hydrogens is 427 g/mol. The minimum Gasteiger partial charge on any atom is -0.457 e. The van der Waals surface area contributed by atoms with Gasteiger partial charge in [-0.2, -0.15) is 0 Å². The standard InChI is InChI=1S/C22H14Cl2N2O2S/c23-16-3-10-21(24)20(13-16)22(27)15-1-4-17(5-2-15)28-18-6-8-19(9-7-18)29-26-12-11-25-14-26/h1-14H. The third-order valence-corrected chi connectivity index (χ3v) is 5.51. The van der Waals surface area contributed by atoms with Crippen molar-refractivity contribution in [2.75, 3.05) is 0 Å². The normalized spacial score (nSPS) is 10.7. The van der Waals surface area contributed by atoms with E-state index >= 15 is 0 Å². The molecule has 4 nitrogen and oxygen atoms in total. The first-order valence-electron chi connectivity index (χ1n) is 8.62. The summed E-state index contributed by atoms with van der Waals surface area (Å²) in [5, 5.41) is 0.834. The number of nitrogens with zero attached hydrogens (tertiary/aromatic N) is 2. The highest BCUT2D eigenvalue weighted by atomic mass is 35.5. The SMILES string of the molecule is O=C(c1ccc(Oc2ccc(Sn3ccnc3)cc2)cc1)c1cc(Cl)ccc1Cl. The van der Waals surface area contributed by atoms with Crippen LogP contribution in [-0.2, 0) is 0 Å². The molecule has 0 radical (unpaired) electrons. The molecule has 0 saturated heterocycles. The van der Waals surface area contributed by atoms with E-state index in [0.29, 0.717) is 32.7 Å². The number of ketones is 1. The van der Waals surface area contributed by atoms with Gasteiger partial charge in [-0.15, -0.1) is 0 Å². The molecule has 29 heavy (non-hydrogen) atoms. The third kappa shape index (κ3) is 4.82. The Morgan fingerprint density at radius 2 is 1.62 bits per heavy atom. The number of benzene rings is 3. The van der Waals surface area contributed by atoms with Crippen LogP contribution in [-0.4, -0.2) is 14.7 Å². The van der Waals surface area contributed by atoms with Crippen LogP contribution in [0, 0.1) is 0 Å². The molecule has 0 bridgehead atoms. The fourth-order valence-electron chi connectivity index (χ4n) is 2.63. The lowest BCUT2D eigenvalue weighted by atomic mass is 10.0. The zero-order chi connectivity index (χ0) is 20.2. The molecule has 0 amide bonds. The van der Waals surface area contributed by atoms with Gasteiger partial charge < -0.3 is 4.74 Å². The molecule has 0 unspecified atom stereocenters. The summed E-state index contributed by atoms with van der Waals surface area (Å²) < 4.78 is 7.78. The Morgan fingerprint density at radius 3 is 2.28 bits per heavy atom. The average Bonchev–Trinajstić information content (AvgIpc) is 3.24. The molecule has 0 N–H and O–H groups in total. The van der Waals surface area contributed by atoms with Crippen molar-refractivity contribution in [1.82, 2.24) is 8.96 Å². The monoisotopic (exact) mass is 440 g/mol. The number of halogens is 2. The average molecular weight is 441 g/mol. The van der Waals surface area contributed by atoms with Gasteiger partial charge in [0.05, 0.1) is 5.02 Å². The summed E-state index contributed by atoms with van der Waals surface area (Å²) in [5.41, 5.74) is 0.882. The molecule has 7 heteroatoms. The van der Waals surface area contributed by atoms with Gasteiger partial charge in [0.25, 0.3) is 0 Å². The van der Waals surface area contributed by atoms with Gasteiger partial charge in [-0.1, -0.05) is 23.2 Å². The van der Waals surface area contributed by atoms with E-state index in [-0.39, 0.29) is 5.78 Å². The molecule has 0 aliphatic rings. The van der Waals surface area contributed by atoms with E-state index in [1.54, 1.807) is 66.9 Å². The van der Waals surface area contributed by atoms with Crippen LogP contribution in [0.5, 0.6) is 11.5 Å². The Bertz CT molecular complexity index is 1130. The van der Waals surface area contributed by atoms with Crippen molar-refractivity contribution in [1.29, 1.82) is 0 Å². The molecule has 0 spiro atoms. The summed E-state index contributed by atoms with van der Waals surface area (Å²) in [6, 6.07) is 19.5. The van der Waals surface area contributed by atoms with Crippen molar-refractivity contribution in [3.8, 4) is 11.5 Å². The van der Waals surface area contributed by atoms with E-state index in [0.717, 1.165) is 4.90 Å². The van der Waals surface area contributed by atoms with Crippen LogP contribution in [0.3, 0.4) is 0 Å². The van der Waals surface area contributed by atoms with Crippen molar-refractivity contribution in [3.05, 3.63) is 107 Å². The molecule has 144 valence electrons. The Labute approximate surface area is 182 Å². The van der Waals surface area contributed by atoms with Gasteiger partial charge in [0.15, 0.2) is 5.78 Å². The molecule has 1 heterocycles. The van der Waals surface area contributed by atoms with Crippen LogP contribution >= 0.6 is 35.1 Å². The number of rotatable bonds is 6. The van der Waals surface area contributed by atoms with Gasteiger partial charge in [0.1, 0.15) is 17.8 Å². The second kappa shape index (κ2) is 8.74. The molecule has 3 aromatic carbocycles. The summed E-state index contributed by atoms with van der Waals surface area (Å²) in [7, 11) is 0. The number of carbonyl (C=O) groups is 1. The zero-order valence-electron chi connectivity index (χ0n) is 15.0. The second-order valence-corrected chi connectivity index (χ2v) is 7.98. The first-order valence-corrected chi connectivity index (χ1v) is 10.2. The summed E-state index contributed by atoms with van der Waals surface area (Å²) in [4.78, 5) is 17.7. The molecule has 1 aromatic heterocycles. The minimum absolute atomic E-state index is 0.190. The van der Waals surface area contributed by atoms with Gasteiger partial charge in [-0.3, -0.25) is 8.77 Å². The predicted molar refractivity (Wildman–Crippen MR) is 116 cm³/mol. The molecule has 4 rings (SSSR count). The van der Waals surface area contributed by atoms with Crippen LogP contribution in [0.25, 0.3) is 0 Å². The Kier molecular flexibility index (Phi) is 5.90. The lowest BCUT2D eigenvalue weighted by molar-refractivity contribution is 0.103. The quantitative estimate of drug-likeness (QED) is 0.310. The minimum atomic E-state index is -0.190. The van der Waals surface area contributed by atoms with Crippen molar-refractivity contribution in [3.63, 3.8) is 0 Å². The van der Waals surface area contributed by atoms with Crippen molar-refractivity contribution in [2.45, 2.75) is 4.90 Å². The van der Waals surface area contributed by atoms with Crippen LogP contribution in [0.15, 0.2) is 90.3 Å². The zero-order valence-corrected chi connectivity index (χ0v) is 17.3.